The molecule has 216 valence electrons. The van der Waals surface area contributed by atoms with Crippen LogP contribution >= 0.6 is 0 Å². The maximum Gasteiger partial charge on any atom is 0.331 e. The molecule has 0 saturated carbocycles. The van der Waals surface area contributed by atoms with E-state index in [-0.39, 0.29) is 24.4 Å². The molecule has 2 aromatic rings. The van der Waals surface area contributed by atoms with E-state index < -0.39 is 51.7 Å². The first-order valence-electron chi connectivity index (χ1n) is 13.3. The number of nitrogens with one attached hydrogen (secondary N) is 2. The van der Waals surface area contributed by atoms with E-state index in [1.807, 2.05) is 6.92 Å². The van der Waals surface area contributed by atoms with E-state index in [2.05, 4.69) is 15.0 Å². The summed E-state index contributed by atoms with van der Waals surface area (Å²) in [6.45, 7) is 8.03. The van der Waals surface area contributed by atoms with Gasteiger partial charge in [-0.25, -0.2) is 9.18 Å². The number of imide groups is 2. The Morgan fingerprint density at radius 1 is 1.20 bits per heavy atom. The molecule has 0 radical (unpaired) electrons. The van der Waals surface area contributed by atoms with Gasteiger partial charge in [0.15, 0.2) is 0 Å². The van der Waals surface area contributed by atoms with Gasteiger partial charge in [-0.15, -0.1) is 4.72 Å². The van der Waals surface area contributed by atoms with Crippen LogP contribution in [-0.4, -0.2) is 56.3 Å². The van der Waals surface area contributed by atoms with E-state index in [9.17, 15) is 18.9 Å². The lowest BCUT2D eigenvalue weighted by Crippen LogP contribution is -2.61. The fourth-order valence-corrected chi connectivity index (χ4v) is 5.45. The van der Waals surface area contributed by atoms with Crippen molar-refractivity contribution in [2.75, 3.05) is 13.2 Å². The highest BCUT2D eigenvalue weighted by Crippen LogP contribution is 2.32. The number of barbiturate groups is 1. The predicted molar refractivity (Wildman–Crippen MR) is 146 cm³/mol. The van der Waals surface area contributed by atoms with Crippen LogP contribution in [0.3, 0.4) is 0 Å². The Kier molecular flexibility index (Phi) is 9.44. The maximum atomic E-state index is 15.2. The van der Waals surface area contributed by atoms with Gasteiger partial charge in [0.25, 0.3) is 0 Å². The summed E-state index contributed by atoms with van der Waals surface area (Å²) in [6, 6.07) is 5.86. The third-order valence-corrected chi connectivity index (χ3v) is 8.48. The maximum absolute atomic E-state index is 15.2. The van der Waals surface area contributed by atoms with E-state index in [0.29, 0.717) is 37.6 Å². The normalized spacial score (nSPS) is 20.3. The summed E-state index contributed by atoms with van der Waals surface area (Å²) in [5.74, 6) is -2.17. The highest BCUT2D eigenvalue weighted by molar-refractivity contribution is 7.90. The number of benzene rings is 1. The molecule has 2 saturated heterocycles. The molecule has 0 aliphatic carbocycles. The number of carbonyl (C=O) groups excluding carboxylic acids is 3. The highest BCUT2D eigenvalue weighted by Gasteiger charge is 2.44. The summed E-state index contributed by atoms with van der Waals surface area (Å²) in [5, 5.41) is 2.29. The molecule has 0 bridgehead atoms. The number of hydrogen-bond donors (Lipinski definition) is 2. The summed E-state index contributed by atoms with van der Waals surface area (Å²) in [5.41, 5.74) is 0.996. The van der Waals surface area contributed by atoms with Crippen molar-refractivity contribution < 1.29 is 32.8 Å². The van der Waals surface area contributed by atoms with Crippen molar-refractivity contribution >= 4 is 29.2 Å². The number of rotatable bonds is 9. The minimum Gasteiger partial charge on any atom is -0.598 e. The zero-order chi connectivity index (χ0) is 29.0. The van der Waals surface area contributed by atoms with Crippen LogP contribution in [0.4, 0.5) is 9.18 Å². The van der Waals surface area contributed by atoms with Crippen molar-refractivity contribution in [2.45, 2.75) is 70.2 Å². The minimum atomic E-state index is -1.60. The molecule has 2 N–H and O–H groups in total. The molecule has 0 unspecified atom stereocenters. The molecular formula is C28H35FN4O6S. The molecule has 3 atom stereocenters. The second-order valence-electron chi connectivity index (χ2n) is 10.9. The Bertz CT molecular complexity index is 1230. The van der Waals surface area contributed by atoms with E-state index in [1.165, 1.54) is 18.2 Å². The molecule has 0 spiro atoms. The molecule has 2 fully saturated rings. The van der Waals surface area contributed by atoms with Gasteiger partial charge in [-0.05, 0) is 83.7 Å². The number of halogens is 1. The average Bonchev–Trinajstić information content (AvgIpc) is 2.90. The lowest BCUT2D eigenvalue weighted by atomic mass is 9.92. The van der Waals surface area contributed by atoms with Gasteiger partial charge in [-0.2, -0.15) is 0 Å². The van der Waals surface area contributed by atoms with Crippen molar-refractivity contribution in [1.82, 2.24) is 19.9 Å². The van der Waals surface area contributed by atoms with Crippen molar-refractivity contribution in [3.63, 3.8) is 0 Å². The Hall–Kier alpha value is -3.06. The Balaban J connectivity index is 1.57. The monoisotopic (exact) mass is 574 g/mol. The first-order chi connectivity index (χ1) is 18.9. The van der Waals surface area contributed by atoms with Crippen molar-refractivity contribution in [2.24, 2.45) is 5.92 Å². The molecule has 4 amide bonds. The van der Waals surface area contributed by atoms with Crippen molar-refractivity contribution in [3.8, 4) is 11.5 Å². The van der Waals surface area contributed by atoms with E-state index >= 15 is 4.39 Å². The van der Waals surface area contributed by atoms with Crippen LogP contribution in [0.2, 0.25) is 0 Å². The Morgan fingerprint density at radius 2 is 1.90 bits per heavy atom. The fraction of sp³-hybridized carbons (Fsp3) is 0.500. The van der Waals surface area contributed by atoms with E-state index in [0.717, 1.165) is 10.6 Å². The van der Waals surface area contributed by atoms with Gasteiger partial charge in [0.1, 0.15) is 28.0 Å². The molecule has 10 nitrogen and oxygen atoms in total. The lowest BCUT2D eigenvalue weighted by molar-refractivity contribution is -0.145. The van der Waals surface area contributed by atoms with Gasteiger partial charge >= 0.3 is 6.03 Å². The van der Waals surface area contributed by atoms with Gasteiger partial charge in [0.2, 0.25) is 11.8 Å². The molecule has 2 aliphatic heterocycles. The molecule has 1 aromatic carbocycles. The molecule has 40 heavy (non-hydrogen) atoms. The molecule has 2 aliphatic rings. The molecule has 12 heteroatoms. The van der Waals surface area contributed by atoms with E-state index in [1.54, 1.807) is 39.1 Å². The number of aryl methyl sites for hydroxylation is 1. The molecule has 4 rings (SSSR count). The number of amides is 4. The van der Waals surface area contributed by atoms with Crippen LogP contribution in [0.25, 0.3) is 0 Å². The zero-order valence-corrected chi connectivity index (χ0v) is 23.9. The third-order valence-electron chi connectivity index (χ3n) is 6.87. The minimum absolute atomic E-state index is 0.00306. The Morgan fingerprint density at radius 3 is 2.55 bits per heavy atom. The van der Waals surface area contributed by atoms with Crippen molar-refractivity contribution in [1.29, 1.82) is 0 Å². The molecule has 1 aromatic heterocycles. The second kappa shape index (κ2) is 12.6. The Labute approximate surface area is 236 Å². The number of hydrogen-bond acceptors (Lipinski definition) is 8. The summed E-state index contributed by atoms with van der Waals surface area (Å²) in [7, 11) is 0. The summed E-state index contributed by atoms with van der Waals surface area (Å²) >= 11 is -1.60. The van der Waals surface area contributed by atoms with Crippen LogP contribution in [0.1, 0.15) is 63.8 Å². The van der Waals surface area contributed by atoms with Gasteiger partial charge in [0.05, 0.1) is 12.2 Å². The summed E-state index contributed by atoms with van der Waals surface area (Å²) in [4.78, 5) is 43.9. The largest absolute Gasteiger partial charge is 0.598 e. The number of carbonyl (C=O) groups is 3. The van der Waals surface area contributed by atoms with Gasteiger partial charge in [-0.3, -0.25) is 24.8 Å². The third kappa shape index (κ3) is 7.17. The highest BCUT2D eigenvalue weighted by atomic mass is 32.2. The molecule has 3 heterocycles. The second-order valence-corrected chi connectivity index (χ2v) is 12.9. The SMILES string of the molecule is Cc1ccc(Oc2ccc(F)c([C@@H](CC[C@H]3C(=O)NC(=O)N(C4CCOCC4)C3=O)N[S@@+]([O-])C(C)(C)C)c2)cn1. The predicted octanol–water partition coefficient (Wildman–Crippen LogP) is 4.07. The number of urea groups is 1. The number of ether oxygens (including phenoxy) is 2. The summed E-state index contributed by atoms with van der Waals surface area (Å²) in [6.07, 6.45) is 2.63. The first kappa shape index (κ1) is 29.9. The van der Waals surface area contributed by atoms with E-state index in [4.69, 9.17) is 9.47 Å². The van der Waals surface area contributed by atoms with Crippen LogP contribution in [-0.2, 0) is 25.7 Å². The number of nitrogens with zero attached hydrogens (tertiary/aromatic N) is 2. The average molecular weight is 575 g/mol. The molecular weight excluding hydrogens is 539 g/mol. The van der Waals surface area contributed by atoms with Crippen molar-refractivity contribution in [3.05, 3.63) is 53.6 Å². The standard InChI is InChI=1S/C28H35FN4O6S/c1-17-5-6-20(16-30-17)39-19-7-9-23(29)22(15-19)24(32-40(37)28(2,3)4)10-8-21-25(34)31-27(36)33(26(21)35)18-11-13-38-14-12-18/h5-7,9,15-16,18,21,24,32H,8,10-14H2,1-4H3,(H,31,34,36)/t21-,24+,40-/m0/s1. The fourth-order valence-electron chi connectivity index (χ4n) is 4.60. The van der Waals surface area contributed by atoms with Crippen LogP contribution in [0.5, 0.6) is 11.5 Å². The smallest absolute Gasteiger partial charge is 0.331 e. The zero-order valence-electron chi connectivity index (χ0n) is 23.1. The van der Waals surface area contributed by atoms with Crippen LogP contribution in [0.15, 0.2) is 36.5 Å². The quantitative estimate of drug-likeness (QED) is 0.338. The topological polar surface area (TPSA) is 133 Å². The van der Waals surface area contributed by atoms with Crippen LogP contribution < -0.4 is 14.8 Å². The van der Waals surface area contributed by atoms with Gasteiger partial charge in [-0.1, -0.05) is 0 Å². The lowest BCUT2D eigenvalue weighted by Gasteiger charge is -2.37. The van der Waals surface area contributed by atoms with Gasteiger partial charge < -0.3 is 14.0 Å². The summed E-state index contributed by atoms with van der Waals surface area (Å²) < 4.78 is 41.8. The van der Waals surface area contributed by atoms with Crippen LogP contribution in [0, 0.1) is 18.7 Å². The first-order valence-corrected chi connectivity index (χ1v) is 14.4. The van der Waals surface area contributed by atoms with Gasteiger partial charge in [0, 0.05) is 41.9 Å². The number of aromatic nitrogens is 1. The number of pyridine rings is 1.